The van der Waals surface area contributed by atoms with Gasteiger partial charge in [0.1, 0.15) is 16.7 Å². The summed E-state index contributed by atoms with van der Waals surface area (Å²) in [5.74, 6) is 1.39. The Hall–Kier alpha value is -1.30. The first kappa shape index (κ1) is 16.1. The third-order valence-corrected chi connectivity index (χ3v) is 5.05. The minimum absolute atomic E-state index is 0.283. The maximum Gasteiger partial charge on any atom is 0.150 e. The fraction of sp³-hybridized carbons (Fsp3) is 0.312. The Bertz CT molecular complexity index is 583. The number of aliphatic hydroxyl groups is 1. The van der Waals surface area contributed by atoms with E-state index >= 15 is 0 Å². The molecule has 5 heteroatoms. The van der Waals surface area contributed by atoms with E-state index in [0.29, 0.717) is 5.75 Å². The molecule has 0 spiro atoms. The molecule has 0 bridgehead atoms. The van der Waals surface area contributed by atoms with Gasteiger partial charge in [0.25, 0.3) is 0 Å². The summed E-state index contributed by atoms with van der Waals surface area (Å²) >= 11 is 3.16. The molecule has 0 aliphatic carbocycles. The average molecular weight is 321 g/mol. The largest absolute Gasteiger partial charge is 0.491 e. The lowest BCUT2D eigenvalue weighted by molar-refractivity contribution is 0.126. The number of thioether (sulfide) groups is 1. The first-order valence-electron chi connectivity index (χ1n) is 6.73. The van der Waals surface area contributed by atoms with Gasteiger partial charge in [-0.15, -0.1) is 17.9 Å². The molecule has 1 N–H and O–H groups in total. The van der Waals surface area contributed by atoms with Crippen molar-refractivity contribution >= 4 is 23.1 Å². The fourth-order valence-electron chi connectivity index (χ4n) is 1.77. The molecule has 0 unspecified atom stereocenters. The van der Waals surface area contributed by atoms with Crippen molar-refractivity contribution in [3.63, 3.8) is 0 Å². The van der Waals surface area contributed by atoms with E-state index < -0.39 is 6.10 Å². The maximum atomic E-state index is 10.0. The fourth-order valence-corrected chi connectivity index (χ4v) is 3.55. The highest BCUT2D eigenvalue weighted by molar-refractivity contribution is 8.01. The van der Waals surface area contributed by atoms with Gasteiger partial charge >= 0.3 is 0 Å². The van der Waals surface area contributed by atoms with Crippen molar-refractivity contribution in [3.8, 4) is 5.75 Å². The third-order valence-electron chi connectivity index (χ3n) is 2.77. The lowest BCUT2D eigenvalue weighted by atomic mass is 10.1. The van der Waals surface area contributed by atoms with E-state index in [-0.39, 0.29) is 6.61 Å². The quantitative estimate of drug-likeness (QED) is 0.594. The molecule has 1 heterocycles. The Morgan fingerprint density at radius 3 is 3.00 bits per heavy atom. The summed E-state index contributed by atoms with van der Waals surface area (Å²) in [5, 5.41) is 12.0. The first-order valence-corrected chi connectivity index (χ1v) is 8.60. The molecule has 2 rings (SSSR count). The molecule has 1 aromatic heterocycles. The zero-order valence-corrected chi connectivity index (χ0v) is 13.6. The number of thiazole rings is 1. The van der Waals surface area contributed by atoms with E-state index in [1.807, 2.05) is 42.6 Å². The van der Waals surface area contributed by atoms with Gasteiger partial charge in [0.15, 0.2) is 0 Å². The molecule has 0 fully saturated rings. The molecule has 1 aromatic carbocycles. The van der Waals surface area contributed by atoms with Crippen LogP contribution in [0.3, 0.4) is 0 Å². The van der Waals surface area contributed by atoms with Gasteiger partial charge in [-0.05, 0) is 25.0 Å². The Balaban J connectivity index is 1.80. The second kappa shape index (κ2) is 8.22. The van der Waals surface area contributed by atoms with Crippen molar-refractivity contribution < 1.29 is 9.84 Å². The van der Waals surface area contributed by atoms with Gasteiger partial charge < -0.3 is 9.84 Å². The number of hydrogen-bond donors (Lipinski definition) is 1. The highest BCUT2D eigenvalue weighted by atomic mass is 32.2. The molecular formula is C16H19NO2S2. The summed E-state index contributed by atoms with van der Waals surface area (Å²) < 4.78 is 6.70. The normalized spacial score (nSPS) is 12.1. The number of ether oxygens (including phenoxy) is 1. The molecular weight excluding hydrogens is 302 g/mol. The number of aliphatic hydroxyl groups excluding tert-OH is 1. The highest BCUT2D eigenvalue weighted by Gasteiger charge is 2.09. The number of allylic oxidation sites excluding steroid dienone is 1. The minimum Gasteiger partial charge on any atom is -0.491 e. The number of aromatic nitrogens is 1. The average Bonchev–Trinajstić information content (AvgIpc) is 2.90. The molecule has 2 aromatic rings. The number of rotatable bonds is 8. The zero-order valence-electron chi connectivity index (χ0n) is 12.0. The Morgan fingerprint density at radius 1 is 1.48 bits per heavy atom. The number of hydrogen-bond acceptors (Lipinski definition) is 5. The zero-order chi connectivity index (χ0) is 15.1. The van der Waals surface area contributed by atoms with Crippen LogP contribution in [0, 0.1) is 6.92 Å². The monoisotopic (exact) mass is 321 g/mol. The Morgan fingerprint density at radius 2 is 2.29 bits per heavy atom. The molecule has 21 heavy (non-hydrogen) atoms. The van der Waals surface area contributed by atoms with E-state index in [9.17, 15) is 5.11 Å². The standard InChI is InChI=1S/C16H19NO2S2/c1-3-6-13-7-4-5-8-15(13)19-9-14(18)11-21-16-17-12(2)10-20-16/h3-5,7-8,10,14,18H,1,6,9,11H2,2H3/t14-/m0/s1. The SMILES string of the molecule is C=CCc1ccccc1OC[C@H](O)CSc1nc(C)cs1. The summed E-state index contributed by atoms with van der Waals surface area (Å²) in [6.45, 7) is 6.00. The van der Waals surface area contributed by atoms with Gasteiger partial charge in [0.2, 0.25) is 0 Å². The molecule has 0 aliphatic rings. The van der Waals surface area contributed by atoms with Crippen LogP contribution in [-0.2, 0) is 6.42 Å². The number of aryl methyl sites for hydroxylation is 1. The van der Waals surface area contributed by atoms with Gasteiger partial charge in [0.05, 0.1) is 6.10 Å². The van der Waals surface area contributed by atoms with Crippen LogP contribution in [0.1, 0.15) is 11.3 Å². The van der Waals surface area contributed by atoms with E-state index in [1.54, 1.807) is 23.1 Å². The molecule has 0 aliphatic heterocycles. The Labute approximate surface area is 133 Å². The van der Waals surface area contributed by atoms with Crippen molar-refractivity contribution in [2.24, 2.45) is 0 Å². The van der Waals surface area contributed by atoms with Gasteiger partial charge in [-0.2, -0.15) is 0 Å². The van der Waals surface area contributed by atoms with Gasteiger partial charge in [-0.3, -0.25) is 0 Å². The second-order valence-electron chi connectivity index (χ2n) is 4.63. The summed E-state index contributed by atoms with van der Waals surface area (Å²) in [4.78, 5) is 4.36. The molecule has 1 atom stereocenters. The number of benzene rings is 1. The van der Waals surface area contributed by atoms with Crippen LogP contribution in [-0.4, -0.2) is 28.6 Å². The van der Waals surface area contributed by atoms with Gasteiger partial charge in [-0.1, -0.05) is 36.0 Å². The van der Waals surface area contributed by atoms with Crippen molar-refractivity contribution in [1.82, 2.24) is 4.98 Å². The molecule has 0 saturated carbocycles. The molecule has 0 saturated heterocycles. The van der Waals surface area contributed by atoms with Crippen LogP contribution >= 0.6 is 23.1 Å². The summed E-state index contributed by atoms with van der Waals surface area (Å²) in [6.07, 6.45) is 2.09. The van der Waals surface area contributed by atoms with Crippen LogP contribution in [0.25, 0.3) is 0 Å². The van der Waals surface area contributed by atoms with Gasteiger partial charge in [-0.25, -0.2) is 4.98 Å². The van der Waals surface area contributed by atoms with Crippen LogP contribution in [0.2, 0.25) is 0 Å². The second-order valence-corrected chi connectivity index (χ2v) is 6.76. The van der Waals surface area contributed by atoms with E-state index in [1.165, 1.54) is 0 Å². The summed E-state index contributed by atoms with van der Waals surface area (Å²) in [6, 6.07) is 7.84. The van der Waals surface area contributed by atoms with Gasteiger partial charge in [0, 0.05) is 16.8 Å². The number of para-hydroxylation sites is 1. The predicted molar refractivity (Wildman–Crippen MR) is 89.4 cm³/mol. The lowest BCUT2D eigenvalue weighted by Crippen LogP contribution is -2.20. The van der Waals surface area contributed by atoms with Crippen LogP contribution < -0.4 is 4.74 Å². The lowest BCUT2D eigenvalue weighted by Gasteiger charge is -2.13. The maximum absolute atomic E-state index is 10.0. The highest BCUT2D eigenvalue weighted by Crippen LogP contribution is 2.23. The van der Waals surface area contributed by atoms with Crippen LogP contribution in [0.4, 0.5) is 0 Å². The molecule has 112 valence electrons. The van der Waals surface area contributed by atoms with E-state index in [4.69, 9.17) is 4.74 Å². The van der Waals surface area contributed by atoms with Crippen molar-refractivity contribution in [3.05, 3.63) is 53.6 Å². The third kappa shape index (κ3) is 5.19. The Kier molecular flexibility index (Phi) is 6.29. The summed E-state index contributed by atoms with van der Waals surface area (Å²) in [5.41, 5.74) is 2.11. The topological polar surface area (TPSA) is 42.4 Å². The van der Waals surface area contributed by atoms with Crippen molar-refractivity contribution in [2.75, 3.05) is 12.4 Å². The molecule has 0 radical (unpaired) electrons. The van der Waals surface area contributed by atoms with Crippen molar-refractivity contribution in [1.29, 1.82) is 0 Å². The first-order chi connectivity index (χ1) is 10.2. The van der Waals surface area contributed by atoms with Crippen LogP contribution in [0.15, 0.2) is 46.6 Å². The van der Waals surface area contributed by atoms with Crippen molar-refractivity contribution in [2.45, 2.75) is 23.8 Å². The minimum atomic E-state index is -0.518. The molecule has 0 amide bonds. The smallest absolute Gasteiger partial charge is 0.150 e. The summed E-state index contributed by atoms with van der Waals surface area (Å²) in [7, 11) is 0. The molecule has 3 nitrogen and oxygen atoms in total. The van der Waals surface area contributed by atoms with E-state index in [2.05, 4.69) is 11.6 Å². The predicted octanol–water partition coefficient (Wildman–Crippen LogP) is 3.71. The van der Waals surface area contributed by atoms with Crippen LogP contribution in [0.5, 0.6) is 5.75 Å². The number of nitrogens with zero attached hydrogens (tertiary/aromatic N) is 1. The van der Waals surface area contributed by atoms with E-state index in [0.717, 1.165) is 27.8 Å².